The molecule has 2 aliphatic rings. The summed E-state index contributed by atoms with van der Waals surface area (Å²) in [7, 11) is 0. The Morgan fingerprint density at radius 3 is 2.40 bits per heavy atom. The van der Waals surface area contributed by atoms with Crippen LogP contribution in [0.2, 0.25) is 0 Å². The highest BCUT2D eigenvalue weighted by Gasteiger charge is 2.25. The van der Waals surface area contributed by atoms with Crippen molar-refractivity contribution in [2.24, 2.45) is 11.8 Å². The smallest absolute Gasteiger partial charge is 0.253 e. The Kier molecular flexibility index (Phi) is 5.74. The van der Waals surface area contributed by atoms with Gasteiger partial charge in [0.25, 0.3) is 5.91 Å². The fraction of sp³-hybridized carbons (Fsp3) is 0.600. The summed E-state index contributed by atoms with van der Waals surface area (Å²) in [6.07, 6.45) is 5.26. The van der Waals surface area contributed by atoms with Crippen LogP contribution in [0.5, 0.6) is 0 Å². The maximum absolute atomic E-state index is 12.5. The minimum atomic E-state index is -0.288. The number of anilines is 1. The number of hydrogen-bond donors (Lipinski definition) is 2. The Bertz CT molecular complexity index is 606. The van der Waals surface area contributed by atoms with E-state index in [9.17, 15) is 14.7 Å². The number of likely N-dealkylation sites (tertiary alicyclic amines) is 1. The molecule has 2 fully saturated rings. The summed E-state index contributed by atoms with van der Waals surface area (Å²) in [6, 6.07) is 7.14. The number of amides is 2. The quantitative estimate of drug-likeness (QED) is 0.885. The Labute approximate surface area is 149 Å². The van der Waals surface area contributed by atoms with Gasteiger partial charge in [-0.05, 0) is 55.9 Å². The van der Waals surface area contributed by atoms with E-state index in [1.54, 1.807) is 29.2 Å². The Balaban J connectivity index is 1.56. The van der Waals surface area contributed by atoms with Crippen LogP contribution in [0.25, 0.3) is 0 Å². The number of aliphatic hydroxyl groups excluding tert-OH is 1. The third kappa shape index (κ3) is 4.60. The number of carbonyl (C=O) groups excluding carboxylic acids is 2. The lowest BCUT2D eigenvalue weighted by atomic mass is 9.82. The molecule has 136 valence electrons. The molecule has 1 aliphatic carbocycles. The van der Waals surface area contributed by atoms with Crippen LogP contribution >= 0.6 is 0 Å². The van der Waals surface area contributed by atoms with Crippen molar-refractivity contribution in [1.82, 2.24) is 4.90 Å². The summed E-state index contributed by atoms with van der Waals surface area (Å²) in [5, 5.41) is 12.5. The molecule has 1 aliphatic heterocycles. The van der Waals surface area contributed by atoms with Crippen LogP contribution in [0, 0.1) is 11.8 Å². The predicted molar refractivity (Wildman–Crippen MR) is 97.3 cm³/mol. The van der Waals surface area contributed by atoms with E-state index in [4.69, 9.17) is 0 Å². The molecule has 5 heteroatoms. The molecule has 0 bridgehead atoms. The first-order chi connectivity index (χ1) is 12.0. The largest absolute Gasteiger partial charge is 0.393 e. The van der Waals surface area contributed by atoms with Crippen molar-refractivity contribution in [3.05, 3.63) is 29.8 Å². The fourth-order valence-electron chi connectivity index (χ4n) is 3.86. The SMILES string of the molecule is CC1CCCC(C(=O)Nc2ccc(C(=O)N3CCC(O)CC3)cc2)C1. The van der Waals surface area contributed by atoms with Gasteiger partial charge in [0.2, 0.25) is 5.91 Å². The van der Waals surface area contributed by atoms with Gasteiger partial charge in [-0.2, -0.15) is 0 Å². The van der Waals surface area contributed by atoms with Crippen molar-refractivity contribution in [3.63, 3.8) is 0 Å². The van der Waals surface area contributed by atoms with Crippen LogP contribution < -0.4 is 5.32 Å². The highest BCUT2D eigenvalue weighted by atomic mass is 16.3. The normalized spacial score (nSPS) is 24.8. The minimum absolute atomic E-state index is 0.00844. The average molecular weight is 344 g/mol. The molecule has 1 saturated heterocycles. The van der Waals surface area contributed by atoms with Gasteiger partial charge in [0.1, 0.15) is 0 Å². The second-order valence-electron chi connectivity index (χ2n) is 7.56. The Hall–Kier alpha value is -1.88. The molecule has 1 aromatic carbocycles. The second kappa shape index (κ2) is 8.00. The van der Waals surface area contributed by atoms with Crippen LogP contribution in [-0.4, -0.2) is 41.0 Å². The number of rotatable bonds is 3. The number of hydrogen-bond acceptors (Lipinski definition) is 3. The lowest BCUT2D eigenvalue weighted by Crippen LogP contribution is -2.40. The number of aliphatic hydroxyl groups is 1. The molecular weight excluding hydrogens is 316 g/mol. The number of piperidine rings is 1. The van der Waals surface area contributed by atoms with E-state index in [1.165, 1.54) is 6.42 Å². The van der Waals surface area contributed by atoms with Gasteiger partial charge in [-0.3, -0.25) is 9.59 Å². The van der Waals surface area contributed by atoms with E-state index in [-0.39, 0.29) is 23.8 Å². The van der Waals surface area contributed by atoms with Crippen molar-refractivity contribution in [2.45, 2.75) is 51.6 Å². The zero-order chi connectivity index (χ0) is 17.8. The van der Waals surface area contributed by atoms with E-state index in [0.717, 1.165) is 24.9 Å². The summed E-state index contributed by atoms with van der Waals surface area (Å²) in [5.41, 5.74) is 1.37. The topological polar surface area (TPSA) is 69.6 Å². The number of nitrogens with zero attached hydrogens (tertiary/aromatic N) is 1. The van der Waals surface area contributed by atoms with Gasteiger partial charge in [0.05, 0.1) is 6.10 Å². The molecule has 25 heavy (non-hydrogen) atoms. The molecule has 1 saturated carbocycles. The van der Waals surface area contributed by atoms with Crippen LogP contribution in [0.4, 0.5) is 5.69 Å². The molecule has 2 atom stereocenters. The van der Waals surface area contributed by atoms with Crippen molar-refractivity contribution >= 4 is 17.5 Å². The van der Waals surface area contributed by atoms with Gasteiger partial charge in [0, 0.05) is 30.3 Å². The van der Waals surface area contributed by atoms with Crippen LogP contribution in [0.3, 0.4) is 0 Å². The number of carbonyl (C=O) groups is 2. The van der Waals surface area contributed by atoms with E-state index in [0.29, 0.717) is 37.4 Å². The van der Waals surface area contributed by atoms with Crippen molar-refractivity contribution < 1.29 is 14.7 Å². The summed E-state index contributed by atoms with van der Waals surface area (Å²) in [5.74, 6) is 0.805. The first kappa shape index (κ1) is 17.9. The number of benzene rings is 1. The standard InChI is InChI=1S/C20H28N2O3/c1-14-3-2-4-16(13-14)19(24)21-17-7-5-15(6-8-17)20(25)22-11-9-18(23)10-12-22/h5-8,14,16,18,23H,2-4,9-13H2,1H3,(H,21,24). The molecule has 1 aromatic rings. The zero-order valence-corrected chi connectivity index (χ0v) is 14.9. The third-order valence-electron chi connectivity index (χ3n) is 5.46. The predicted octanol–water partition coefficient (Wildman–Crippen LogP) is 3.05. The highest BCUT2D eigenvalue weighted by molar-refractivity contribution is 5.96. The van der Waals surface area contributed by atoms with Crippen molar-refractivity contribution in [1.29, 1.82) is 0 Å². The molecule has 2 unspecified atom stereocenters. The van der Waals surface area contributed by atoms with Gasteiger partial charge in [-0.1, -0.05) is 19.8 Å². The highest BCUT2D eigenvalue weighted by Crippen LogP contribution is 2.29. The Morgan fingerprint density at radius 1 is 1.08 bits per heavy atom. The van der Waals surface area contributed by atoms with Gasteiger partial charge < -0.3 is 15.3 Å². The molecule has 2 amide bonds. The fourth-order valence-corrected chi connectivity index (χ4v) is 3.86. The molecule has 5 nitrogen and oxygen atoms in total. The monoisotopic (exact) mass is 344 g/mol. The molecule has 3 rings (SSSR count). The lowest BCUT2D eigenvalue weighted by molar-refractivity contribution is -0.121. The molecule has 1 heterocycles. The van der Waals surface area contributed by atoms with E-state index in [2.05, 4.69) is 12.2 Å². The van der Waals surface area contributed by atoms with Gasteiger partial charge in [0.15, 0.2) is 0 Å². The van der Waals surface area contributed by atoms with E-state index < -0.39 is 0 Å². The van der Waals surface area contributed by atoms with Gasteiger partial charge >= 0.3 is 0 Å². The van der Waals surface area contributed by atoms with Gasteiger partial charge in [-0.15, -0.1) is 0 Å². The molecule has 0 radical (unpaired) electrons. The molecular formula is C20H28N2O3. The van der Waals surface area contributed by atoms with E-state index in [1.807, 2.05) is 0 Å². The average Bonchev–Trinajstić information content (AvgIpc) is 2.62. The Morgan fingerprint density at radius 2 is 1.76 bits per heavy atom. The van der Waals surface area contributed by atoms with Gasteiger partial charge in [-0.25, -0.2) is 0 Å². The van der Waals surface area contributed by atoms with Crippen LogP contribution in [0.15, 0.2) is 24.3 Å². The van der Waals surface area contributed by atoms with Crippen LogP contribution in [-0.2, 0) is 4.79 Å². The van der Waals surface area contributed by atoms with E-state index >= 15 is 0 Å². The molecule has 2 N–H and O–H groups in total. The maximum atomic E-state index is 12.5. The zero-order valence-electron chi connectivity index (χ0n) is 14.9. The summed E-state index contributed by atoms with van der Waals surface area (Å²) >= 11 is 0. The molecule has 0 aromatic heterocycles. The summed E-state index contributed by atoms with van der Waals surface area (Å²) in [4.78, 5) is 26.7. The lowest BCUT2D eigenvalue weighted by Gasteiger charge is -2.29. The second-order valence-corrected chi connectivity index (χ2v) is 7.56. The first-order valence-corrected chi connectivity index (χ1v) is 9.41. The van der Waals surface area contributed by atoms with Crippen LogP contribution in [0.1, 0.15) is 55.8 Å². The number of nitrogens with one attached hydrogen (secondary N) is 1. The van der Waals surface area contributed by atoms with Crippen molar-refractivity contribution in [2.75, 3.05) is 18.4 Å². The maximum Gasteiger partial charge on any atom is 0.253 e. The summed E-state index contributed by atoms with van der Waals surface area (Å²) in [6.45, 7) is 3.40. The molecule has 0 spiro atoms. The first-order valence-electron chi connectivity index (χ1n) is 9.41. The van der Waals surface area contributed by atoms with Crippen molar-refractivity contribution in [3.8, 4) is 0 Å². The third-order valence-corrected chi connectivity index (χ3v) is 5.46. The summed E-state index contributed by atoms with van der Waals surface area (Å²) < 4.78 is 0. The minimum Gasteiger partial charge on any atom is -0.393 e.